The molecule has 0 atom stereocenters. The molecule has 1 aromatic heterocycles. The molecule has 0 saturated heterocycles. The average molecular weight is 243 g/mol. The molecule has 0 bridgehead atoms. The highest BCUT2D eigenvalue weighted by atomic mass is 16.7. The van der Waals surface area contributed by atoms with Crippen molar-refractivity contribution in [2.45, 2.75) is 13.1 Å². The molecule has 0 unspecified atom stereocenters. The van der Waals surface area contributed by atoms with Gasteiger partial charge in [0.15, 0.2) is 11.5 Å². The molecule has 0 fully saturated rings. The van der Waals surface area contributed by atoms with Crippen LogP contribution >= 0.6 is 0 Å². The number of aromatic nitrogens is 2. The second-order valence-corrected chi connectivity index (χ2v) is 3.96. The van der Waals surface area contributed by atoms with Crippen molar-refractivity contribution in [3.63, 3.8) is 0 Å². The lowest BCUT2D eigenvalue weighted by molar-refractivity contribution is 0.174. The molecular weight excluding hydrogens is 230 g/mol. The van der Waals surface area contributed by atoms with E-state index in [0.717, 1.165) is 29.4 Å². The predicted octanol–water partition coefficient (Wildman–Crippen LogP) is 1.50. The summed E-state index contributed by atoms with van der Waals surface area (Å²) in [7, 11) is 0. The van der Waals surface area contributed by atoms with E-state index in [-0.39, 0.29) is 0 Å². The summed E-state index contributed by atoms with van der Waals surface area (Å²) in [5.74, 6) is 2.41. The Morgan fingerprint density at radius 3 is 2.78 bits per heavy atom. The first-order valence-corrected chi connectivity index (χ1v) is 5.77. The van der Waals surface area contributed by atoms with Gasteiger partial charge in [0.05, 0.1) is 6.54 Å². The van der Waals surface area contributed by atoms with Crippen LogP contribution in [0.25, 0.3) is 0 Å². The van der Waals surface area contributed by atoms with Crippen LogP contribution < -0.4 is 14.8 Å². The standard InChI is InChI=1S/C13H13N3O2/c1-4-15-13(16-5-1)8-14-7-10-2-3-11-12(6-10)18-9-17-11/h1-6,14H,7-9H2. The highest BCUT2D eigenvalue weighted by molar-refractivity contribution is 5.44. The smallest absolute Gasteiger partial charge is 0.231 e. The molecule has 92 valence electrons. The van der Waals surface area contributed by atoms with Crippen molar-refractivity contribution >= 4 is 0 Å². The first-order valence-electron chi connectivity index (χ1n) is 5.77. The second-order valence-electron chi connectivity index (χ2n) is 3.96. The molecule has 0 radical (unpaired) electrons. The van der Waals surface area contributed by atoms with Crippen LogP contribution in [-0.4, -0.2) is 16.8 Å². The zero-order valence-electron chi connectivity index (χ0n) is 9.80. The van der Waals surface area contributed by atoms with Crippen LogP contribution in [-0.2, 0) is 13.1 Å². The summed E-state index contributed by atoms with van der Waals surface area (Å²) in [6, 6.07) is 7.74. The van der Waals surface area contributed by atoms with E-state index in [1.165, 1.54) is 0 Å². The summed E-state index contributed by atoms with van der Waals surface area (Å²) in [5, 5.41) is 3.29. The quantitative estimate of drug-likeness (QED) is 0.881. The first-order chi connectivity index (χ1) is 8.92. The molecular formula is C13H13N3O2. The monoisotopic (exact) mass is 243 g/mol. The number of nitrogens with one attached hydrogen (secondary N) is 1. The van der Waals surface area contributed by atoms with Gasteiger partial charge in [-0.25, -0.2) is 9.97 Å². The maximum absolute atomic E-state index is 5.33. The third kappa shape index (κ3) is 2.41. The van der Waals surface area contributed by atoms with E-state index < -0.39 is 0 Å². The van der Waals surface area contributed by atoms with Gasteiger partial charge in [0.25, 0.3) is 0 Å². The Labute approximate surface area is 105 Å². The van der Waals surface area contributed by atoms with Gasteiger partial charge in [0.2, 0.25) is 6.79 Å². The van der Waals surface area contributed by atoms with Crippen LogP contribution in [0.2, 0.25) is 0 Å². The van der Waals surface area contributed by atoms with Gasteiger partial charge < -0.3 is 14.8 Å². The van der Waals surface area contributed by atoms with Crippen LogP contribution in [0.15, 0.2) is 36.7 Å². The average Bonchev–Trinajstić information content (AvgIpc) is 2.87. The Kier molecular flexibility index (Phi) is 3.06. The SMILES string of the molecule is c1cnc(CNCc2ccc3c(c2)OCO3)nc1. The van der Waals surface area contributed by atoms with E-state index in [4.69, 9.17) is 9.47 Å². The maximum atomic E-state index is 5.33. The number of rotatable bonds is 4. The van der Waals surface area contributed by atoms with E-state index in [9.17, 15) is 0 Å². The maximum Gasteiger partial charge on any atom is 0.231 e. The minimum absolute atomic E-state index is 0.310. The van der Waals surface area contributed by atoms with Gasteiger partial charge in [-0.05, 0) is 23.8 Å². The van der Waals surface area contributed by atoms with Crippen molar-refractivity contribution in [3.8, 4) is 11.5 Å². The molecule has 0 saturated carbocycles. The molecule has 1 aliphatic heterocycles. The van der Waals surface area contributed by atoms with Gasteiger partial charge in [-0.15, -0.1) is 0 Å². The highest BCUT2D eigenvalue weighted by Gasteiger charge is 2.12. The fourth-order valence-electron chi connectivity index (χ4n) is 1.79. The summed E-state index contributed by atoms with van der Waals surface area (Å²) >= 11 is 0. The Morgan fingerprint density at radius 2 is 1.89 bits per heavy atom. The molecule has 2 aromatic rings. The van der Waals surface area contributed by atoms with Gasteiger partial charge in [0.1, 0.15) is 5.82 Å². The molecule has 0 aliphatic carbocycles. The molecule has 1 aromatic carbocycles. The van der Waals surface area contributed by atoms with Crippen molar-refractivity contribution in [2.24, 2.45) is 0 Å². The van der Waals surface area contributed by atoms with E-state index in [2.05, 4.69) is 15.3 Å². The fraction of sp³-hybridized carbons (Fsp3) is 0.231. The lowest BCUT2D eigenvalue weighted by Crippen LogP contribution is -2.14. The zero-order valence-corrected chi connectivity index (χ0v) is 9.80. The summed E-state index contributed by atoms with van der Waals surface area (Å²) in [5.41, 5.74) is 1.15. The Hall–Kier alpha value is -2.14. The van der Waals surface area contributed by atoms with E-state index in [1.54, 1.807) is 18.5 Å². The van der Waals surface area contributed by atoms with Gasteiger partial charge in [0, 0.05) is 18.9 Å². The number of nitrogens with zero attached hydrogens (tertiary/aromatic N) is 2. The van der Waals surface area contributed by atoms with Crippen LogP contribution in [0.4, 0.5) is 0 Å². The third-order valence-electron chi connectivity index (χ3n) is 2.67. The lowest BCUT2D eigenvalue weighted by Gasteiger charge is -2.04. The number of hydrogen-bond acceptors (Lipinski definition) is 5. The minimum atomic E-state index is 0.310. The first kappa shape index (κ1) is 11.0. The van der Waals surface area contributed by atoms with Crippen molar-refractivity contribution in [1.29, 1.82) is 0 Å². The highest BCUT2D eigenvalue weighted by Crippen LogP contribution is 2.32. The van der Waals surface area contributed by atoms with Crippen molar-refractivity contribution in [1.82, 2.24) is 15.3 Å². The summed E-state index contributed by atoms with van der Waals surface area (Å²) < 4.78 is 10.6. The van der Waals surface area contributed by atoms with E-state index in [0.29, 0.717) is 13.3 Å². The van der Waals surface area contributed by atoms with E-state index >= 15 is 0 Å². The molecule has 3 rings (SSSR count). The third-order valence-corrected chi connectivity index (χ3v) is 2.67. The molecule has 18 heavy (non-hydrogen) atoms. The summed E-state index contributed by atoms with van der Waals surface area (Å²) in [6.45, 7) is 1.70. The van der Waals surface area contributed by atoms with Crippen LogP contribution in [0, 0.1) is 0 Å². The molecule has 0 spiro atoms. The van der Waals surface area contributed by atoms with Gasteiger partial charge in [-0.3, -0.25) is 0 Å². The Morgan fingerprint density at radius 1 is 1.06 bits per heavy atom. The van der Waals surface area contributed by atoms with Gasteiger partial charge >= 0.3 is 0 Å². The molecule has 0 amide bonds. The van der Waals surface area contributed by atoms with Gasteiger partial charge in [-0.2, -0.15) is 0 Å². The lowest BCUT2D eigenvalue weighted by atomic mass is 10.2. The molecule has 1 N–H and O–H groups in total. The second kappa shape index (κ2) is 5.01. The topological polar surface area (TPSA) is 56.3 Å². The van der Waals surface area contributed by atoms with E-state index in [1.807, 2.05) is 18.2 Å². The van der Waals surface area contributed by atoms with Gasteiger partial charge in [-0.1, -0.05) is 6.07 Å². The summed E-state index contributed by atoms with van der Waals surface area (Å²) in [4.78, 5) is 8.30. The molecule has 5 nitrogen and oxygen atoms in total. The van der Waals surface area contributed by atoms with Crippen molar-refractivity contribution in [3.05, 3.63) is 48.0 Å². The number of fused-ring (bicyclic) bond motifs is 1. The normalized spacial score (nSPS) is 12.7. The number of hydrogen-bond donors (Lipinski definition) is 1. The molecule has 5 heteroatoms. The number of benzene rings is 1. The van der Waals surface area contributed by atoms with Crippen LogP contribution in [0.1, 0.15) is 11.4 Å². The fourth-order valence-corrected chi connectivity index (χ4v) is 1.79. The zero-order chi connectivity index (χ0) is 12.2. The van der Waals surface area contributed by atoms with Crippen molar-refractivity contribution in [2.75, 3.05) is 6.79 Å². The predicted molar refractivity (Wildman–Crippen MR) is 65.1 cm³/mol. The van der Waals surface area contributed by atoms with Crippen LogP contribution in [0.5, 0.6) is 11.5 Å². The molecule has 2 heterocycles. The largest absolute Gasteiger partial charge is 0.454 e. The van der Waals surface area contributed by atoms with Crippen LogP contribution in [0.3, 0.4) is 0 Å². The molecule has 1 aliphatic rings. The summed E-state index contributed by atoms with van der Waals surface area (Å²) in [6.07, 6.45) is 3.48. The van der Waals surface area contributed by atoms with Crippen molar-refractivity contribution < 1.29 is 9.47 Å². The Bertz CT molecular complexity index is 531. The number of ether oxygens (including phenoxy) is 2. The minimum Gasteiger partial charge on any atom is -0.454 e. The Balaban J connectivity index is 1.57.